The Bertz CT molecular complexity index is 580. The number of amidine groups is 1. The number of aromatic carboxylic acids is 1. The largest absolute Gasteiger partial charge is 0.478 e. The van der Waals surface area contributed by atoms with E-state index in [1.54, 1.807) is 18.2 Å². The lowest BCUT2D eigenvalue weighted by atomic mass is 9.88. The Labute approximate surface area is 118 Å². The van der Waals surface area contributed by atoms with E-state index in [1.807, 2.05) is 27.7 Å². The number of rotatable bonds is 3. The van der Waals surface area contributed by atoms with Crippen molar-refractivity contribution in [2.75, 3.05) is 0 Å². The van der Waals surface area contributed by atoms with Gasteiger partial charge in [0.05, 0.1) is 5.56 Å². The predicted molar refractivity (Wildman–Crippen MR) is 77.1 cm³/mol. The molecule has 2 unspecified atom stereocenters. The number of nitrogens with one attached hydrogen (secondary N) is 1. The number of nitrogens with zero attached hydrogens (tertiary/aromatic N) is 1. The third-order valence-electron chi connectivity index (χ3n) is 4.01. The van der Waals surface area contributed by atoms with Crippen LogP contribution >= 0.6 is 0 Å². The minimum atomic E-state index is -1.00. The molecular weight excluding hydrogens is 256 g/mol. The summed E-state index contributed by atoms with van der Waals surface area (Å²) >= 11 is 0. The molecule has 1 aromatic rings. The monoisotopic (exact) mass is 276 g/mol. The Morgan fingerprint density at radius 3 is 2.60 bits per heavy atom. The molecule has 5 nitrogen and oxygen atoms in total. The molecule has 2 rings (SSSR count). The Balaban J connectivity index is 2.53. The highest BCUT2D eigenvalue weighted by molar-refractivity contribution is 6.08. The summed E-state index contributed by atoms with van der Waals surface area (Å²) in [6.07, 6.45) is -0.820. The van der Waals surface area contributed by atoms with E-state index < -0.39 is 17.7 Å². The second-order valence-electron chi connectivity index (χ2n) is 5.74. The van der Waals surface area contributed by atoms with Gasteiger partial charge >= 0.3 is 5.97 Å². The average Bonchev–Trinajstić information content (AvgIpc) is 2.66. The van der Waals surface area contributed by atoms with Gasteiger partial charge in [-0.25, -0.2) is 4.79 Å². The molecule has 1 aromatic carbocycles. The molecule has 20 heavy (non-hydrogen) atoms. The van der Waals surface area contributed by atoms with Gasteiger partial charge in [-0.2, -0.15) is 0 Å². The van der Waals surface area contributed by atoms with Crippen molar-refractivity contribution in [3.63, 3.8) is 0 Å². The molecule has 0 aromatic heterocycles. The first-order valence-corrected chi connectivity index (χ1v) is 6.64. The molecule has 1 aliphatic rings. The number of aliphatic imine (C=N–C) groups is 1. The maximum Gasteiger partial charge on any atom is 0.336 e. The van der Waals surface area contributed by atoms with Crippen molar-refractivity contribution < 1.29 is 15.0 Å². The molecule has 1 aliphatic heterocycles. The summed E-state index contributed by atoms with van der Waals surface area (Å²) in [5.41, 5.74) is 0.986. The molecule has 0 aliphatic carbocycles. The van der Waals surface area contributed by atoms with Crippen molar-refractivity contribution in [3.05, 3.63) is 34.9 Å². The highest BCUT2D eigenvalue weighted by atomic mass is 16.4. The van der Waals surface area contributed by atoms with E-state index in [0.29, 0.717) is 11.4 Å². The zero-order chi connectivity index (χ0) is 15.1. The molecule has 0 bridgehead atoms. The van der Waals surface area contributed by atoms with E-state index >= 15 is 0 Å². The fourth-order valence-electron chi connectivity index (χ4n) is 2.23. The van der Waals surface area contributed by atoms with Gasteiger partial charge in [0.1, 0.15) is 11.4 Å². The van der Waals surface area contributed by atoms with E-state index in [4.69, 9.17) is 0 Å². The smallest absolute Gasteiger partial charge is 0.336 e. The van der Waals surface area contributed by atoms with Crippen molar-refractivity contribution in [2.45, 2.75) is 39.5 Å². The van der Waals surface area contributed by atoms with Crippen LogP contribution in [0.25, 0.3) is 0 Å². The van der Waals surface area contributed by atoms with E-state index in [9.17, 15) is 15.0 Å². The van der Waals surface area contributed by atoms with Crippen molar-refractivity contribution in [1.29, 1.82) is 0 Å². The summed E-state index contributed by atoms with van der Waals surface area (Å²) < 4.78 is 0. The Hall–Kier alpha value is -1.88. The van der Waals surface area contributed by atoms with Crippen molar-refractivity contribution >= 4 is 11.8 Å². The highest BCUT2D eigenvalue weighted by Crippen LogP contribution is 2.30. The van der Waals surface area contributed by atoms with Crippen molar-refractivity contribution in [1.82, 2.24) is 5.32 Å². The normalized spacial score (nSPS) is 25.5. The number of benzene rings is 1. The lowest BCUT2D eigenvalue weighted by Crippen LogP contribution is -2.45. The van der Waals surface area contributed by atoms with Crippen LogP contribution in [0, 0.1) is 12.8 Å². The molecule has 5 heteroatoms. The molecule has 3 N–H and O–H groups in total. The second-order valence-corrected chi connectivity index (χ2v) is 5.74. The van der Waals surface area contributed by atoms with Crippen LogP contribution < -0.4 is 5.32 Å². The lowest BCUT2D eigenvalue weighted by Gasteiger charge is -2.28. The van der Waals surface area contributed by atoms with Gasteiger partial charge in [-0.1, -0.05) is 25.5 Å². The number of carbonyl (C=O) groups is 1. The van der Waals surface area contributed by atoms with Crippen LogP contribution in [-0.4, -0.2) is 33.8 Å². The first-order valence-electron chi connectivity index (χ1n) is 6.64. The van der Waals surface area contributed by atoms with Crippen molar-refractivity contribution in [2.24, 2.45) is 10.9 Å². The molecule has 1 heterocycles. The second kappa shape index (κ2) is 4.90. The van der Waals surface area contributed by atoms with Gasteiger partial charge in [0.25, 0.3) is 0 Å². The standard InChI is InChI=1S/C15H20N2O3/c1-8(2)15(4)14(20)16-12(17-15)11-7-9(3)5-6-10(11)13(18)19/h5-8,14,20H,1-4H3,(H,16,17)(H,18,19). The number of aryl methyl sites for hydroxylation is 1. The number of carboxylic acids is 1. The zero-order valence-corrected chi connectivity index (χ0v) is 12.1. The molecule has 108 valence electrons. The van der Waals surface area contributed by atoms with Gasteiger partial charge in [0.2, 0.25) is 0 Å². The quantitative estimate of drug-likeness (QED) is 0.786. The molecule has 0 amide bonds. The van der Waals surface area contributed by atoms with E-state index in [0.717, 1.165) is 5.56 Å². The maximum absolute atomic E-state index is 11.3. The number of aliphatic hydroxyl groups excluding tert-OH is 1. The van der Waals surface area contributed by atoms with Crippen LogP contribution in [0.4, 0.5) is 0 Å². The SMILES string of the molecule is Cc1ccc(C(=O)O)c(C2=NC(C)(C(C)C)C(O)N2)c1. The van der Waals surface area contributed by atoms with Crippen LogP contribution in [0.2, 0.25) is 0 Å². The third kappa shape index (κ3) is 2.29. The summed E-state index contributed by atoms with van der Waals surface area (Å²) in [4.78, 5) is 15.9. The summed E-state index contributed by atoms with van der Waals surface area (Å²) in [5.74, 6) is -0.437. The average molecular weight is 276 g/mol. The minimum absolute atomic E-state index is 0.126. The van der Waals surface area contributed by atoms with Gasteiger partial charge in [0.15, 0.2) is 6.23 Å². The van der Waals surface area contributed by atoms with Crippen molar-refractivity contribution in [3.8, 4) is 0 Å². The number of hydrogen-bond acceptors (Lipinski definition) is 4. The van der Waals surface area contributed by atoms with Gasteiger partial charge < -0.3 is 15.5 Å². The zero-order valence-electron chi connectivity index (χ0n) is 12.1. The number of aliphatic hydroxyl groups is 1. The number of hydrogen-bond donors (Lipinski definition) is 3. The summed E-state index contributed by atoms with van der Waals surface area (Å²) in [6, 6.07) is 5.09. The van der Waals surface area contributed by atoms with Crippen LogP contribution in [-0.2, 0) is 0 Å². The first kappa shape index (κ1) is 14.5. The molecule has 0 saturated carbocycles. The number of carboxylic acid groups (broad SMARTS) is 1. The first-order chi connectivity index (χ1) is 9.25. The topological polar surface area (TPSA) is 81.9 Å². The molecular formula is C15H20N2O3. The fraction of sp³-hybridized carbons (Fsp3) is 0.467. The Morgan fingerprint density at radius 2 is 2.10 bits per heavy atom. The van der Waals surface area contributed by atoms with Gasteiger partial charge in [-0.15, -0.1) is 0 Å². The van der Waals surface area contributed by atoms with E-state index in [2.05, 4.69) is 10.3 Å². The van der Waals surface area contributed by atoms with Gasteiger partial charge in [0, 0.05) is 5.56 Å². The molecule has 0 fully saturated rings. The maximum atomic E-state index is 11.3. The van der Waals surface area contributed by atoms with Gasteiger partial charge in [-0.3, -0.25) is 4.99 Å². The van der Waals surface area contributed by atoms with Crippen LogP contribution in [0.15, 0.2) is 23.2 Å². The molecule has 0 saturated heterocycles. The van der Waals surface area contributed by atoms with Gasteiger partial charge in [-0.05, 0) is 31.9 Å². The lowest BCUT2D eigenvalue weighted by molar-refractivity contribution is 0.0690. The van der Waals surface area contributed by atoms with Crippen LogP contribution in [0.3, 0.4) is 0 Å². The fourth-order valence-corrected chi connectivity index (χ4v) is 2.23. The minimum Gasteiger partial charge on any atom is -0.478 e. The Kier molecular flexibility index (Phi) is 3.56. The van der Waals surface area contributed by atoms with Crippen LogP contribution in [0.5, 0.6) is 0 Å². The summed E-state index contributed by atoms with van der Waals surface area (Å²) in [5, 5.41) is 22.4. The Morgan fingerprint density at radius 1 is 1.45 bits per heavy atom. The van der Waals surface area contributed by atoms with E-state index in [1.165, 1.54) is 0 Å². The highest BCUT2D eigenvalue weighted by Gasteiger charge is 2.42. The third-order valence-corrected chi connectivity index (χ3v) is 4.01. The summed E-state index contributed by atoms with van der Waals surface area (Å²) in [7, 11) is 0. The molecule has 0 spiro atoms. The summed E-state index contributed by atoms with van der Waals surface area (Å²) in [6.45, 7) is 7.71. The molecule has 0 radical (unpaired) electrons. The predicted octanol–water partition coefficient (Wildman–Crippen LogP) is 1.78. The molecule has 2 atom stereocenters. The van der Waals surface area contributed by atoms with Crippen LogP contribution in [0.1, 0.15) is 42.3 Å². The van der Waals surface area contributed by atoms with E-state index in [-0.39, 0.29) is 11.5 Å².